The van der Waals surface area contributed by atoms with Gasteiger partial charge in [0, 0.05) is 12.5 Å². The number of rotatable bonds is 3. The molecular formula is C16H30O. The highest BCUT2D eigenvalue weighted by molar-refractivity contribution is 5.07. The normalized spacial score (nSPS) is 25.2. The molecule has 0 aromatic heterocycles. The topological polar surface area (TPSA) is 20.2 Å². The first-order chi connectivity index (χ1) is 8.38. The molecule has 0 fully saturated rings. The minimum absolute atomic E-state index is 0.336. The van der Waals surface area contributed by atoms with E-state index in [1.807, 2.05) is 0 Å². The van der Waals surface area contributed by atoms with Gasteiger partial charge in [0.2, 0.25) is 0 Å². The van der Waals surface area contributed by atoms with E-state index in [0.29, 0.717) is 12.5 Å². The van der Waals surface area contributed by atoms with Gasteiger partial charge in [-0.3, -0.25) is 0 Å². The Kier molecular flexibility index (Phi) is 8.42. The molecule has 0 aromatic carbocycles. The van der Waals surface area contributed by atoms with Crippen LogP contribution >= 0.6 is 0 Å². The fourth-order valence-corrected chi connectivity index (χ4v) is 2.80. The largest absolute Gasteiger partial charge is 0.396 e. The van der Waals surface area contributed by atoms with Crippen LogP contribution in [-0.4, -0.2) is 11.7 Å². The van der Waals surface area contributed by atoms with Crippen molar-refractivity contribution in [1.82, 2.24) is 0 Å². The number of hydrogen-bond acceptors (Lipinski definition) is 1. The van der Waals surface area contributed by atoms with Crippen LogP contribution in [0.15, 0.2) is 11.6 Å². The predicted molar refractivity (Wildman–Crippen MR) is 75.1 cm³/mol. The molecule has 0 heterocycles. The molecule has 0 aliphatic heterocycles. The van der Waals surface area contributed by atoms with Gasteiger partial charge < -0.3 is 5.11 Å². The molecule has 0 aromatic rings. The number of allylic oxidation sites excluding steroid dienone is 1. The van der Waals surface area contributed by atoms with E-state index in [1.165, 1.54) is 69.8 Å². The van der Waals surface area contributed by atoms with Crippen molar-refractivity contribution < 1.29 is 5.11 Å². The average Bonchev–Trinajstić information content (AvgIpc) is 2.33. The first kappa shape index (κ1) is 14.8. The second kappa shape index (κ2) is 9.70. The molecule has 1 aliphatic rings. The standard InChI is InChI=1S/C16H30O/c1-2-15(14-17)16-12-10-8-6-4-3-5-7-9-11-13-16/h12,15,17H,2-11,13-14H2,1H3/b16-12-. The van der Waals surface area contributed by atoms with Gasteiger partial charge in [0.05, 0.1) is 0 Å². The van der Waals surface area contributed by atoms with Gasteiger partial charge in [0.1, 0.15) is 0 Å². The molecule has 0 radical (unpaired) electrons. The van der Waals surface area contributed by atoms with Gasteiger partial charge in [-0.1, -0.05) is 57.1 Å². The molecule has 1 atom stereocenters. The summed E-state index contributed by atoms with van der Waals surface area (Å²) in [6, 6.07) is 0. The maximum absolute atomic E-state index is 9.43. The Labute approximate surface area is 107 Å². The first-order valence-corrected chi connectivity index (χ1v) is 7.68. The van der Waals surface area contributed by atoms with Crippen LogP contribution in [0.2, 0.25) is 0 Å². The third-order valence-electron chi connectivity index (χ3n) is 4.06. The predicted octanol–water partition coefficient (Wildman–Crippen LogP) is 4.85. The molecule has 1 heteroatoms. The molecular weight excluding hydrogens is 208 g/mol. The lowest BCUT2D eigenvalue weighted by Gasteiger charge is -2.17. The summed E-state index contributed by atoms with van der Waals surface area (Å²) in [6.07, 6.45) is 17.1. The van der Waals surface area contributed by atoms with E-state index in [4.69, 9.17) is 0 Å². The highest BCUT2D eigenvalue weighted by Gasteiger charge is 2.10. The summed E-state index contributed by atoms with van der Waals surface area (Å²) in [5, 5.41) is 9.43. The highest BCUT2D eigenvalue weighted by Crippen LogP contribution is 2.23. The van der Waals surface area contributed by atoms with E-state index in [9.17, 15) is 5.11 Å². The van der Waals surface area contributed by atoms with Crippen molar-refractivity contribution in [2.75, 3.05) is 6.61 Å². The van der Waals surface area contributed by atoms with Gasteiger partial charge in [0.15, 0.2) is 0 Å². The number of aliphatic hydroxyl groups excluding tert-OH is 1. The van der Waals surface area contributed by atoms with Crippen molar-refractivity contribution in [2.24, 2.45) is 5.92 Å². The Balaban J connectivity index is 2.49. The summed E-state index contributed by atoms with van der Waals surface area (Å²) in [6.45, 7) is 2.53. The summed E-state index contributed by atoms with van der Waals surface area (Å²) in [5.41, 5.74) is 1.54. The fraction of sp³-hybridized carbons (Fsp3) is 0.875. The summed E-state index contributed by atoms with van der Waals surface area (Å²) in [4.78, 5) is 0. The number of aliphatic hydroxyl groups is 1. The fourth-order valence-electron chi connectivity index (χ4n) is 2.80. The van der Waals surface area contributed by atoms with E-state index in [0.717, 1.165) is 6.42 Å². The Hall–Kier alpha value is -0.300. The van der Waals surface area contributed by atoms with Crippen LogP contribution < -0.4 is 0 Å². The van der Waals surface area contributed by atoms with Crippen LogP contribution in [0.25, 0.3) is 0 Å². The molecule has 100 valence electrons. The van der Waals surface area contributed by atoms with E-state index < -0.39 is 0 Å². The molecule has 0 bridgehead atoms. The van der Waals surface area contributed by atoms with E-state index in [-0.39, 0.29) is 0 Å². The molecule has 1 unspecified atom stereocenters. The van der Waals surface area contributed by atoms with Crippen LogP contribution in [0.3, 0.4) is 0 Å². The molecule has 1 rings (SSSR count). The van der Waals surface area contributed by atoms with Crippen molar-refractivity contribution >= 4 is 0 Å². The highest BCUT2D eigenvalue weighted by atomic mass is 16.3. The maximum Gasteiger partial charge on any atom is 0.0496 e. The lowest BCUT2D eigenvalue weighted by molar-refractivity contribution is 0.239. The molecule has 1 aliphatic carbocycles. The van der Waals surface area contributed by atoms with Crippen LogP contribution in [0, 0.1) is 5.92 Å². The number of hydrogen-bond donors (Lipinski definition) is 1. The first-order valence-electron chi connectivity index (χ1n) is 7.68. The van der Waals surface area contributed by atoms with E-state index >= 15 is 0 Å². The maximum atomic E-state index is 9.43. The smallest absolute Gasteiger partial charge is 0.0496 e. The molecule has 1 nitrogen and oxygen atoms in total. The van der Waals surface area contributed by atoms with Crippen molar-refractivity contribution in [3.05, 3.63) is 11.6 Å². The minimum Gasteiger partial charge on any atom is -0.396 e. The second-order valence-electron chi connectivity index (χ2n) is 5.43. The molecule has 0 saturated heterocycles. The van der Waals surface area contributed by atoms with Crippen molar-refractivity contribution in [1.29, 1.82) is 0 Å². The van der Waals surface area contributed by atoms with Gasteiger partial charge in [-0.2, -0.15) is 0 Å². The van der Waals surface area contributed by atoms with Gasteiger partial charge >= 0.3 is 0 Å². The Morgan fingerprint density at radius 2 is 1.59 bits per heavy atom. The van der Waals surface area contributed by atoms with Crippen molar-refractivity contribution in [2.45, 2.75) is 77.6 Å². The zero-order valence-corrected chi connectivity index (χ0v) is 11.6. The van der Waals surface area contributed by atoms with Gasteiger partial charge in [-0.25, -0.2) is 0 Å². The Bertz CT molecular complexity index is 204. The third kappa shape index (κ3) is 6.26. The molecule has 0 saturated carbocycles. The summed E-state index contributed by atoms with van der Waals surface area (Å²) in [5.74, 6) is 0.429. The summed E-state index contributed by atoms with van der Waals surface area (Å²) < 4.78 is 0. The van der Waals surface area contributed by atoms with Crippen molar-refractivity contribution in [3.8, 4) is 0 Å². The third-order valence-corrected chi connectivity index (χ3v) is 4.06. The lowest BCUT2D eigenvalue weighted by Crippen LogP contribution is -2.08. The van der Waals surface area contributed by atoms with Crippen LogP contribution in [0.1, 0.15) is 77.6 Å². The van der Waals surface area contributed by atoms with Gasteiger partial charge in [0.25, 0.3) is 0 Å². The summed E-state index contributed by atoms with van der Waals surface area (Å²) >= 11 is 0. The molecule has 0 amide bonds. The van der Waals surface area contributed by atoms with Crippen molar-refractivity contribution in [3.63, 3.8) is 0 Å². The Morgan fingerprint density at radius 1 is 1.00 bits per heavy atom. The monoisotopic (exact) mass is 238 g/mol. The van der Waals surface area contributed by atoms with Crippen LogP contribution in [-0.2, 0) is 0 Å². The SMILES string of the molecule is CCC(CO)/C1=C\CCCCCCCCCC1. The zero-order chi connectivity index (χ0) is 12.3. The van der Waals surface area contributed by atoms with E-state index in [2.05, 4.69) is 13.0 Å². The van der Waals surface area contributed by atoms with Gasteiger partial charge in [-0.05, 0) is 32.1 Å². The quantitative estimate of drug-likeness (QED) is 0.697. The molecule has 0 spiro atoms. The molecule has 17 heavy (non-hydrogen) atoms. The Morgan fingerprint density at radius 3 is 2.18 bits per heavy atom. The molecule has 1 N–H and O–H groups in total. The zero-order valence-electron chi connectivity index (χ0n) is 11.6. The average molecular weight is 238 g/mol. The van der Waals surface area contributed by atoms with Gasteiger partial charge in [-0.15, -0.1) is 0 Å². The summed E-state index contributed by atoms with van der Waals surface area (Å²) in [7, 11) is 0. The minimum atomic E-state index is 0.336. The van der Waals surface area contributed by atoms with Crippen LogP contribution in [0.5, 0.6) is 0 Å². The lowest BCUT2D eigenvalue weighted by atomic mass is 9.90. The second-order valence-corrected chi connectivity index (χ2v) is 5.43. The van der Waals surface area contributed by atoms with E-state index in [1.54, 1.807) is 0 Å². The van der Waals surface area contributed by atoms with Crippen LogP contribution in [0.4, 0.5) is 0 Å².